The van der Waals surface area contributed by atoms with E-state index >= 15 is 0 Å². The Labute approximate surface area is 103 Å². The lowest BCUT2D eigenvalue weighted by Gasteiger charge is -2.38. The van der Waals surface area contributed by atoms with Crippen LogP contribution in [0.1, 0.15) is 11.1 Å². The van der Waals surface area contributed by atoms with E-state index < -0.39 is 0 Å². The van der Waals surface area contributed by atoms with E-state index in [4.69, 9.17) is 4.74 Å². The number of anilines is 1. The molecule has 0 spiro atoms. The first-order valence-corrected chi connectivity index (χ1v) is 5.84. The van der Waals surface area contributed by atoms with Crippen LogP contribution in [-0.2, 0) is 4.74 Å². The molecule has 0 aliphatic carbocycles. The Balaban J connectivity index is 2.12. The van der Waals surface area contributed by atoms with Crippen molar-refractivity contribution in [3.63, 3.8) is 0 Å². The molecule has 1 aromatic rings. The second-order valence-electron chi connectivity index (χ2n) is 5.01. The van der Waals surface area contributed by atoms with E-state index in [1.807, 2.05) is 7.05 Å². The van der Waals surface area contributed by atoms with E-state index in [1.54, 1.807) is 0 Å². The first-order valence-electron chi connectivity index (χ1n) is 5.84. The van der Waals surface area contributed by atoms with Gasteiger partial charge < -0.3 is 9.64 Å². The third kappa shape index (κ3) is 2.27. The monoisotopic (exact) mass is 230 g/mol. The fourth-order valence-corrected chi connectivity index (χ4v) is 2.05. The highest BCUT2D eigenvalue weighted by Crippen LogP contribution is 2.29. The van der Waals surface area contributed by atoms with Crippen LogP contribution in [0.5, 0.6) is 0 Å². The summed E-state index contributed by atoms with van der Waals surface area (Å²) in [4.78, 5) is 2.14. The zero-order chi connectivity index (χ0) is 12.5. The fraction of sp³-hybridized carbons (Fsp3) is 0.500. The van der Waals surface area contributed by atoms with Crippen molar-refractivity contribution >= 4 is 5.69 Å². The Kier molecular flexibility index (Phi) is 3.08. The number of nitrogens with zero attached hydrogens (tertiary/aromatic N) is 2. The van der Waals surface area contributed by atoms with Gasteiger partial charge in [0.05, 0.1) is 19.3 Å². The van der Waals surface area contributed by atoms with Gasteiger partial charge in [-0.3, -0.25) is 0 Å². The molecule has 2 rings (SSSR count). The number of ether oxygens (including phenoxy) is 1. The molecule has 90 valence electrons. The van der Waals surface area contributed by atoms with Crippen LogP contribution in [0.25, 0.3) is 0 Å². The average Bonchev–Trinajstić information content (AvgIpc) is 2.27. The minimum absolute atomic E-state index is 0.312. The molecule has 0 amide bonds. The highest BCUT2D eigenvalue weighted by Gasteiger charge is 2.40. The van der Waals surface area contributed by atoms with Crippen LogP contribution in [0, 0.1) is 30.6 Å². The summed E-state index contributed by atoms with van der Waals surface area (Å²) in [5, 5.41) is 9.17. The molecule has 3 nitrogen and oxygen atoms in total. The molecule has 3 heteroatoms. The predicted octanol–water partition coefficient (Wildman–Crippen LogP) is 2.28. The highest BCUT2D eigenvalue weighted by atomic mass is 16.5. The van der Waals surface area contributed by atoms with Crippen LogP contribution in [0.3, 0.4) is 0 Å². The molecular weight excluding hydrogens is 212 g/mol. The molecule has 0 saturated carbocycles. The number of nitriles is 1. The molecule has 1 heterocycles. The van der Waals surface area contributed by atoms with Gasteiger partial charge in [-0.05, 0) is 37.1 Å². The Morgan fingerprint density at radius 2 is 2.06 bits per heavy atom. The standard InChI is InChI=1S/C14H18N2O/c1-11-4-5-13(6-12(11)2)16(3)8-14(7-15)9-17-10-14/h4-6H,8-10H2,1-3H3. The zero-order valence-electron chi connectivity index (χ0n) is 10.7. The van der Waals surface area contributed by atoms with Crippen LogP contribution in [0.4, 0.5) is 5.69 Å². The lowest BCUT2D eigenvalue weighted by atomic mass is 9.87. The van der Waals surface area contributed by atoms with E-state index in [2.05, 4.69) is 43.0 Å². The van der Waals surface area contributed by atoms with Gasteiger partial charge in [0.15, 0.2) is 0 Å². The maximum atomic E-state index is 9.17. The third-order valence-electron chi connectivity index (χ3n) is 3.46. The van der Waals surface area contributed by atoms with Gasteiger partial charge in [0.2, 0.25) is 0 Å². The highest BCUT2D eigenvalue weighted by molar-refractivity contribution is 5.50. The smallest absolute Gasteiger partial charge is 0.121 e. The van der Waals surface area contributed by atoms with Crippen molar-refractivity contribution in [1.29, 1.82) is 5.26 Å². The Morgan fingerprint density at radius 1 is 1.35 bits per heavy atom. The van der Waals surface area contributed by atoms with Gasteiger partial charge in [-0.25, -0.2) is 0 Å². The van der Waals surface area contributed by atoms with Crippen molar-refractivity contribution in [3.05, 3.63) is 29.3 Å². The summed E-state index contributed by atoms with van der Waals surface area (Å²) in [6, 6.07) is 8.77. The molecule has 1 saturated heterocycles. The molecular formula is C14H18N2O. The lowest BCUT2D eigenvalue weighted by molar-refractivity contribution is -0.0716. The van der Waals surface area contributed by atoms with Crippen LogP contribution in [0.2, 0.25) is 0 Å². The topological polar surface area (TPSA) is 36.3 Å². The van der Waals surface area contributed by atoms with Crippen LogP contribution in [0.15, 0.2) is 18.2 Å². The van der Waals surface area contributed by atoms with Crippen LogP contribution in [-0.4, -0.2) is 26.8 Å². The minimum atomic E-state index is -0.312. The summed E-state index contributed by atoms with van der Waals surface area (Å²) in [7, 11) is 2.03. The van der Waals surface area contributed by atoms with Gasteiger partial charge in [0.25, 0.3) is 0 Å². The van der Waals surface area contributed by atoms with Gasteiger partial charge in [0.1, 0.15) is 5.41 Å². The van der Waals surface area contributed by atoms with Gasteiger partial charge in [-0.2, -0.15) is 5.26 Å². The Bertz CT molecular complexity index is 458. The number of hydrogen-bond acceptors (Lipinski definition) is 3. The van der Waals surface area contributed by atoms with Gasteiger partial charge in [-0.15, -0.1) is 0 Å². The molecule has 0 aromatic heterocycles. The molecule has 0 radical (unpaired) electrons. The van der Waals surface area contributed by atoms with E-state index in [0.717, 1.165) is 12.2 Å². The van der Waals surface area contributed by atoms with E-state index in [0.29, 0.717) is 13.2 Å². The van der Waals surface area contributed by atoms with Crippen LogP contribution < -0.4 is 4.90 Å². The summed E-state index contributed by atoms with van der Waals surface area (Å²) < 4.78 is 5.16. The molecule has 0 atom stereocenters. The molecule has 0 N–H and O–H groups in total. The summed E-state index contributed by atoms with van der Waals surface area (Å²) in [5.74, 6) is 0. The quantitative estimate of drug-likeness (QED) is 0.799. The van der Waals surface area contributed by atoms with Crippen molar-refractivity contribution in [1.82, 2.24) is 0 Å². The second-order valence-corrected chi connectivity index (χ2v) is 5.01. The van der Waals surface area contributed by atoms with Crippen molar-refractivity contribution in [2.24, 2.45) is 5.41 Å². The van der Waals surface area contributed by atoms with Gasteiger partial charge >= 0.3 is 0 Å². The first kappa shape index (κ1) is 11.9. The molecule has 0 unspecified atom stereocenters. The Morgan fingerprint density at radius 3 is 2.53 bits per heavy atom. The van der Waals surface area contributed by atoms with Crippen molar-refractivity contribution in [3.8, 4) is 6.07 Å². The fourth-order valence-electron chi connectivity index (χ4n) is 2.05. The predicted molar refractivity (Wildman–Crippen MR) is 68.1 cm³/mol. The van der Waals surface area contributed by atoms with E-state index in [1.165, 1.54) is 11.1 Å². The SMILES string of the molecule is Cc1ccc(N(C)CC2(C#N)COC2)cc1C. The largest absolute Gasteiger partial charge is 0.378 e. The molecule has 0 bridgehead atoms. The van der Waals surface area contributed by atoms with Gasteiger partial charge in [-0.1, -0.05) is 6.07 Å². The number of benzene rings is 1. The van der Waals surface area contributed by atoms with Gasteiger partial charge in [0, 0.05) is 19.3 Å². The number of rotatable bonds is 3. The van der Waals surface area contributed by atoms with E-state index in [-0.39, 0.29) is 5.41 Å². The first-order chi connectivity index (χ1) is 8.06. The molecule has 1 aliphatic heterocycles. The minimum Gasteiger partial charge on any atom is -0.378 e. The molecule has 1 fully saturated rings. The Hall–Kier alpha value is -1.53. The van der Waals surface area contributed by atoms with Crippen molar-refractivity contribution in [2.75, 3.05) is 31.7 Å². The number of aryl methyl sites for hydroxylation is 2. The second kappa shape index (κ2) is 4.38. The average molecular weight is 230 g/mol. The van der Waals surface area contributed by atoms with Crippen LogP contribution >= 0.6 is 0 Å². The maximum Gasteiger partial charge on any atom is 0.121 e. The summed E-state index contributed by atoms with van der Waals surface area (Å²) in [6.07, 6.45) is 0. The summed E-state index contributed by atoms with van der Waals surface area (Å²) in [6.45, 7) is 6.05. The summed E-state index contributed by atoms with van der Waals surface area (Å²) >= 11 is 0. The molecule has 1 aliphatic rings. The van der Waals surface area contributed by atoms with E-state index in [9.17, 15) is 5.26 Å². The summed E-state index contributed by atoms with van der Waals surface area (Å²) in [5.41, 5.74) is 3.43. The molecule has 1 aromatic carbocycles. The van der Waals surface area contributed by atoms with Crippen molar-refractivity contribution < 1.29 is 4.74 Å². The normalized spacial score (nSPS) is 17.1. The van der Waals surface area contributed by atoms with Crippen molar-refractivity contribution in [2.45, 2.75) is 13.8 Å². The zero-order valence-corrected chi connectivity index (χ0v) is 10.7. The molecule has 17 heavy (non-hydrogen) atoms. The number of hydrogen-bond donors (Lipinski definition) is 0. The lowest BCUT2D eigenvalue weighted by Crippen LogP contribution is -2.49. The third-order valence-corrected chi connectivity index (χ3v) is 3.46. The maximum absolute atomic E-state index is 9.17.